The lowest BCUT2D eigenvalue weighted by Gasteiger charge is -2.05. The van der Waals surface area contributed by atoms with E-state index in [9.17, 15) is 4.79 Å². The van der Waals surface area contributed by atoms with Gasteiger partial charge in [-0.2, -0.15) is 0 Å². The highest BCUT2D eigenvalue weighted by atomic mass is 16.5. The molecule has 1 rings (SSSR count). The third kappa shape index (κ3) is 2.20. The van der Waals surface area contributed by atoms with E-state index in [2.05, 4.69) is 0 Å². The largest absolute Gasteiger partial charge is 0.384 e. The van der Waals surface area contributed by atoms with E-state index in [1.54, 1.807) is 19.4 Å². The minimum Gasteiger partial charge on any atom is -0.384 e. The third-order valence-electron chi connectivity index (χ3n) is 1.85. The van der Waals surface area contributed by atoms with E-state index < -0.39 is 0 Å². The van der Waals surface area contributed by atoms with E-state index in [1.807, 2.05) is 0 Å². The van der Waals surface area contributed by atoms with Crippen molar-refractivity contribution in [3.8, 4) is 0 Å². The predicted molar refractivity (Wildman–Crippen MR) is 53.6 cm³/mol. The lowest BCUT2D eigenvalue weighted by atomic mass is 10.2. The molecule has 0 aromatic carbocycles. The lowest BCUT2D eigenvalue weighted by Crippen LogP contribution is -2.29. The molecule has 0 unspecified atom stereocenters. The second kappa shape index (κ2) is 4.57. The first-order valence-corrected chi connectivity index (χ1v) is 4.19. The topological polar surface area (TPSA) is 81.1 Å². The summed E-state index contributed by atoms with van der Waals surface area (Å²) in [6.45, 7) is 0.928. The Hall–Kier alpha value is -1.62. The minimum atomic E-state index is -0.253. The van der Waals surface area contributed by atoms with E-state index >= 15 is 0 Å². The van der Waals surface area contributed by atoms with E-state index in [4.69, 9.17) is 15.9 Å². The van der Waals surface area contributed by atoms with Crippen molar-refractivity contribution in [1.29, 1.82) is 5.41 Å². The number of nitrogens with zero attached hydrogens (tertiary/aromatic N) is 1. The van der Waals surface area contributed by atoms with Gasteiger partial charge in [0.1, 0.15) is 5.84 Å². The molecule has 1 heterocycles. The summed E-state index contributed by atoms with van der Waals surface area (Å²) in [5.41, 5.74) is 5.22. The Morgan fingerprint density at radius 3 is 3.00 bits per heavy atom. The van der Waals surface area contributed by atoms with Gasteiger partial charge in [-0.3, -0.25) is 10.2 Å². The summed E-state index contributed by atoms with van der Waals surface area (Å²) in [5.74, 6) is -0.207. The summed E-state index contributed by atoms with van der Waals surface area (Å²) in [7, 11) is 1.57. The Bertz CT molecular complexity index is 384. The number of nitrogen functional groups attached to an aromatic ring is 1. The number of ether oxygens (including phenoxy) is 1. The molecule has 0 aliphatic carbocycles. The number of nitrogens with one attached hydrogen (secondary N) is 1. The van der Waals surface area contributed by atoms with Gasteiger partial charge >= 0.3 is 0 Å². The molecule has 1 aromatic rings. The normalized spacial score (nSPS) is 10.1. The van der Waals surface area contributed by atoms with Gasteiger partial charge in [0.2, 0.25) is 0 Å². The Morgan fingerprint density at radius 2 is 2.43 bits per heavy atom. The number of pyridine rings is 1. The number of nitrogens with two attached hydrogens (primary N) is 1. The number of rotatable bonds is 4. The first-order valence-electron chi connectivity index (χ1n) is 4.19. The van der Waals surface area contributed by atoms with Crippen LogP contribution in [0.2, 0.25) is 0 Å². The van der Waals surface area contributed by atoms with Crippen molar-refractivity contribution >= 4 is 5.84 Å². The second-order valence-electron chi connectivity index (χ2n) is 2.83. The third-order valence-corrected chi connectivity index (χ3v) is 1.85. The van der Waals surface area contributed by atoms with Crippen LogP contribution in [0.4, 0.5) is 0 Å². The average Bonchev–Trinajstić information content (AvgIpc) is 2.16. The zero-order valence-electron chi connectivity index (χ0n) is 7.99. The minimum absolute atomic E-state index is 0.207. The van der Waals surface area contributed by atoms with Crippen LogP contribution < -0.4 is 11.3 Å². The molecule has 0 radical (unpaired) electrons. The van der Waals surface area contributed by atoms with Gasteiger partial charge < -0.3 is 15.0 Å². The van der Waals surface area contributed by atoms with Crippen molar-refractivity contribution in [2.75, 3.05) is 13.7 Å². The Morgan fingerprint density at radius 1 is 1.71 bits per heavy atom. The molecule has 3 N–H and O–H groups in total. The predicted octanol–water partition coefficient (Wildman–Crippen LogP) is -0.221. The monoisotopic (exact) mass is 195 g/mol. The van der Waals surface area contributed by atoms with Crippen LogP contribution in [0.25, 0.3) is 0 Å². The second-order valence-corrected chi connectivity index (χ2v) is 2.83. The zero-order valence-corrected chi connectivity index (χ0v) is 7.99. The van der Waals surface area contributed by atoms with E-state index in [0.29, 0.717) is 13.2 Å². The molecule has 0 spiro atoms. The number of amidine groups is 1. The zero-order chi connectivity index (χ0) is 10.6. The Labute approximate surface area is 81.6 Å². The Kier molecular flexibility index (Phi) is 3.41. The highest BCUT2D eigenvalue weighted by molar-refractivity contribution is 5.94. The molecule has 0 aliphatic heterocycles. The maximum atomic E-state index is 11.6. The van der Waals surface area contributed by atoms with Crippen LogP contribution in [0.15, 0.2) is 23.1 Å². The molecular weight excluding hydrogens is 182 g/mol. The van der Waals surface area contributed by atoms with Crippen LogP contribution in [0.3, 0.4) is 0 Å². The lowest BCUT2D eigenvalue weighted by molar-refractivity contribution is 0.186. The van der Waals surface area contributed by atoms with Crippen LogP contribution in [0.1, 0.15) is 5.56 Å². The molecule has 14 heavy (non-hydrogen) atoms. The van der Waals surface area contributed by atoms with Crippen molar-refractivity contribution in [2.45, 2.75) is 6.54 Å². The van der Waals surface area contributed by atoms with E-state index in [-0.39, 0.29) is 17.0 Å². The fourth-order valence-corrected chi connectivity index (χ4v) is 1.11. The molecule has 0 saturated heterocycles. The molecule has 0 amide bonds. The van der Waals surface area contributed by atoms with Gasteiger partial charge in [-0.1, -0.05) is 0 Å². The van der Waals surface area contributed by atoms with Gasteiger partial charge in [-0.15, -0.1) is 0 Å². The maximum Gasteiger partial charge on any atom is 0.261 e. The molecule has 5 heteroatoms. The maximum absolute atomic E-state index is 11.6. The van der Waals surface area contributed by atoms with Crippen LogP contribution >= 0.6 is 0 Å². The van der Waals surface area contributed by atoms with Crippen LogP contribution in [0.5, 0.6) is 0 Å². The van der Waals surface area contributed by atoms with Crippen LogP contribution in [-0.2, 0) is 11.3 Å². The van der Waals surface area contributed by atoms with Gasteiger partial charge in [0.05, 0.1) is 12.2 Å². The fraction of sp³-hybridized carbons (Fsp3) is 0.333. The first kappa shape index (κ1) is 10.5. The van der Waals surface area contributed by atoms with Gasteiger partial charge in [0, 0.05) is 19.9 Å². The number of hydrogen-bond donors (Lipinski definition) is 2. The Balaban J connectivity index is 3.02. The number of aromatic nitrogens is 1. The highest BCUT2D eigenvalue weighted by Gasteiger charge is 2.04. The summed E-state index contributed by atoms with van der Waals surface area (Å²) >= 11 is 0. The van der Waals surface area contributed by atoms with Crippen molar-refractivity contribution in [1.82, 2.24) is 4.57 Å². The smallest absolute Gasteiger partial charge is 0.261 e. The summed E-state index contributed by atoms with van der Waals surface area (Å²) in [4.78, 5) is 11.6. The molecular formula is C9H13N3O2. The molecule has 0 aliphatic rings. The molecule has 5 nitrogen and oxygen atoms in total. The van der Waals surface area contributed by atoms with Crippen molar-refractivity contribution in [2.24, 2.45) is 5.73 Å². The van der Waals surface area contributed by atoms with Crippen LogP contribution in [0, 0.1) is 5.41 Å². The van der Waals surface area contributed by atoms with Gasteiger partial charge in [-0.25, -0.2) is 0 Å². The number of hydrogen-bond acceptors (Lipinski definition) is 3. The number of methoxy groups -OCH3 is 1. The summed E-state index contributed by atoms with van der Waals surface area (Å²) in [6, 6.07) is 3.22. The van der Waals surface area contributed by atoms with E-state index in [0.717, 1.165) is 0 Å². The molecule has 1 aromatic heterocycles. The SMILES string of the molecule is COCCn1cccc(C(=N)N)c1=O. The van der Waals surface area contributed by atoms with Gasteiger partial charge in [0.15, 0.2) is 0 Å². The molecule has 0 fully saturated rings. The van der Waals surface area contributed by atoms with Crippen molar-refractivity contribution in [3.63, 3.8) is 0 Å². The fourth-order valence-electron chi connectivity index (χ4n) is 1.11. The van der Waals surface area contributed by atoms with Crippen molar-refractivity contribution in [3.05, 3.63) is 34.2 Å². The first-order chi connectivity index (χ1) is 6.66. The summed E-state index contributed by atoms with van der Waals surface area (Å²) in [5, 5.41) is 7.18. The summed E-state index contributed by atoms with van der Waals surface area (Å²) in [6.07, 6.45) is 1.65. The van der Waals surface area contributed by atoms with Gasteiger partial charge in [0.25, 0.3) is 5.56 Å². The van der Waals surface area contributed by atoms with Gasteiger partial charge in [-0.05, 0) is 12.1 Å². The van der Waals surface area contributed by atoms with Crippen LogP contribution in [-0.4, -0.2) is 24.1 Å². The van der Waals surface area contributed by atoms with Crippen molar-refractivity contribution < 1.29 is 4.74 Å². The quantitative estimate of drug-likeness (QED) is 0.514. The standard InChI is InChI=1S/C9H13N3O2/c1-14-6-5-12-4-2-3-7(8(10)11)9(12)13/h2-4H,5-6H2,1H3,(H3,10,11). The van der Waals surface area contributed by atoms with E-state index in [1.165, 1.54) is 10.6 Å². The summed E-state index contributed by atoms with van der Waals surface area (Å²) < 4.78 is 6.33. The highest BCUT2D eigenvalue weighted by Crippen LogP contribution is 1.90. The molecule has 76 valence electrons. The molecule has 0 atom stereocenters. The molecule has 0 bridgehead atoms. The molecule has 0 saturated carbocycles. The average molecular weight is 195 g/mol.